The first-order valence-corrected chi connectivity index (χ1v) is 23.7. The van der Waals surface area contributed by atoms with E-state index in [-0.39, 0.29) is 44.6 Å². The monoisotopic (exact) mass is 996 g/mol. The zero-order valence-corrected chi connectivity index (χ0v) is 39.1. The Morgan fingerprint density at radius 2 is 0.900 bits per heavy atom. The summed E-state index contributed by atoms with van der Waals surface area (Å²) in [6.45, 7) is 0.901. The molecule has 0 aliphatic heterocycles. The highest BCUT2D eigenvalue weighted by Crippen LogP contribution is 2.31. The molecule has 0 bridgehead atoms. The van der Waals surface area contributed by atoms with Crippen LogP contribution in [-0.2, 0) is 24.4 Å². The number of nitrogens with one attached hydrogen (secondary N) is 2. The van der Waals surface area contributed by atoms with Gasteiger partial charge in [0.25, 0.3) is 11.8 Å². The Labute approximate surface area is 400 Å². The molecule has 0 saturated carbocycles. The van der Waals surface area contributed by atoms with Crippen molar-refractivity contribution in [3.8, 4) is 23.3 Å². The van der Waals surface area contributed by atoms with Crippen LogP contribution in [0.25, 0.3) is 22.1 Å². The molecule has 0 aliphatic carbocycles. The lowest BCUT2D eigenvalue weighted by atomic mass is 10.3. The first kappa shape index (κ1) is 53.1. The van der Waals surface area contributed by atoms with Gasteiger partial charge < -0.3 is 39.1 Å². The molecule has 2 heterocycles. The topological polar surface area (TPSA) is 237 Å². The number of benzene rings is 6. The van der Waals surface area contributed by atoms with Crippen molar-refractivity contribution in [2.24, 2.45) is 0 Å². The lowest BCUT2D eigenvalue weighted by Gasteiger charge is -2.10. The van der Waals surface area contributed by atoms with Crippen LogP contribution >= 0.6 is 0 Å². The van der Waals surface area contributed by atoms with Crippen molar-refractivity contribution < 1.29 is 54.8 Å². The second-order valence-electron chi connectivity index (χ2n) is 14.0. The van der Waals surface area contributed by atoms with Gasteiger partial charge in [-0.1, -0.05) is 42.5 Å². The SMILES string of the molecule is COC/C=C\COc1ccc(S(=O)(=O)c2ccc(Oc3nc4ccccc4nc3OC)cc2)cc1.O=S(=O)(c1ccc(F)cc1)c1ccc(F)cc1.O=c1[nH]c2ccccc2[nH]c1=O.OC/C=C\CO. The molecule has 0 aliphatic rings. The lowest BCUT2D eigenvalue weighted by Crippen LogP contribution is -2.28. The molecule has 8 aromatic rings. The zero-order chi connectivity index (χ0) is 50.5. The van der Waals surface area contributed by atoms with Crippen LogP contribution in [-0.4, -0.2) is 87.6 Å². The highest BCUT2D eigenvalue weighted by atomic mass is 32.2. The van der Waals surface area contributed by atoms with Crippen molar-refractivity contribution in [1.82, 2.24) is 19.9 Å². The Bertz CT molecular complexity index is 3250. The quantitative estimate of drug-likeness (QED) is 0.0473. The Balaban J connectivity index is 0.000000213. The van der Waals surface area contributed by atoms with E-state index in [2.05, 4.69) is 19.9 Å². The van der Waals surface area contributed by atoms with Crippen molar-refractivity contribution in [3.05, 3.63) is 202 Å². The molecule has 70 heavy (non-hydrogen) atoms. The summed E-state index contributed by atoms with van der Waals surface area (Å²) in [5.74, 6) is 0.370. The van der Waals surface area contributed by atoms with Gasteiger partial charge in [0, 0.05) is 7.11 Å². The second kappa shape index (κ2) is 26.0. The van der Waals surface area contributed by atoms with Crippen molar-refractivity contribution in [2.75, 3.05) is 40.6 Å². The third kappa shape index (κ3) is 15.1. The molecule has 0 unspecified atom stereocenters. The highest BCUT2D eigenvalue weighted by molar-refractivity contribution is 7.91. The predicted octanol–water partition coefficient (Wildman–Crippen LogP) is 7.39. The van der Waals surface area contributed by atoms with Crippen LogP contribution in [0.1, 0.15) is 0 Å². The average molecular weight is 997 g/mol. The minimum atomic E-state index is -3.71. The summed E-state index contributed by atoms with van der Waals surface area (Å²) in [7, 11) is -4.32. The summed E-state index contributed by atoms with van der Waals surface area (Å²) in [6.07, 6.45) is 6.64. The van der Waals surface area contributed by atoms with E-state index in [0.29, 0.717) is 46.8 Å². The molecule has 0 spiro atoms. The first-order chi connectivity index (χ1) is 33.7. The van der Waals surface area contributed by atoms with E-state index in [1.807, 2.05) is 36.4 Å². The number of aliphatic hydroxyl groups is 2. The van der Waals surface area contributed by atoms with Gasteiger partial charge in [0.15, 0.2) is 0 Å². The van der Waals surface area contributed by atoms with E-state index >= 15 is 0 Å². The number of para-hydroxylation sites is 4. The highest BCUT2D eigenvalue weighted by Gasteiger charge is 2.20. The predicted molar refractivity (Wildman–Crippen MR) is 258 cm³/mol. The number of aromatic amines is 2. The third-order valence-electron chi connectivity index (χ3n) is 9.22. The fraction of sp³-hybridized carbons (Fsp3) is 0.120. The minimum Gasteiger partial charge on any atom is -0.490 e. The molecule has 0 saturated heterocycles. The van der Waals surface area contributed by atoms with E-state index in [1.54, 1.807) is 55.6 Å². The van der Waals surface area contributed by atoms with E-state index in [0.717, 1.165) is 24.3 Å². The molecule has 0 radical (unpaired) electrons. The molecule has 20 heteroatoms. The number of halogens is 2. The number of ether oxygens (including phenoxy) is 4. The van der Waals surface area contributed by atoms with Gasteiger partial charge in [0.2, 0.25) is 19.7 Å². The maximum absolute atomic E-state index is 13.0. The van der Waals surface area contributed by atoms with E-state index in [9.17, 15) is 35.2 Å². The van der Waals surface area contributed by atoms with Gasteiger partial charge >= 0.3 is 11.1 Å². The number of nitrogens with zero attached hydrogens (tertiary/aromatic N) is 2. The van der Waals surface area contributed by atoms with Crippen molar-refractivity contribution in [2.45, 2.75) is 19.6 Å². The molecular weight excluding hydrogens is 951 g/mol. The molecule has 16 nitrogen and oxygen atoms in total. The van der Waals surface area contributed by atoms with Crippen LogP contribution < -0.4 is 25.3 Å². The average Bonchev–Trinajstić information content (AvgIpc) is 3.37. The molecule has 8 rings (SSSR count). The standard InChI is InChI=1S/C26H24N2O6S.C12H8F2O2S.C8H6N2O2.C4H8O2/c1-31-17-5-6-18-33-19-9-13-21(14-10-19)35(29,30)22-15-11-20(12-16-22)34-26-25(32-2)27-23-7-3-4-8-24(23)28-26;13-9-1-5-11(6-2-9)17(15,16)12-7-3-10(14)4-8-12;11-7-8(12)10-6-4-2-1-3-5(6)9-7;5-3-1-2-4-6/h3-16H,17-18H2,1-2H3;1-8H;1-4H,(H,9,11)(H,10,12);1-2,5-6H,3-4H2/b6-5-;;;2-1-. The summed E-state index contributed by atoms with van der Waals surface area (Å²) in [4.78, 5) is 35.7. The first-order valence-electron chi connectivity index (χ1n) is 20.7. The molecule has 2 aromatic heterocycles. The maximum Gasteiger partial charge on any atom is 0.314 e. The fourth-order valence-electron chi connectivity index (χ4n) is 5.77. The summed E-state index contributed by atoms with van der Waals surface area (Å²) < 4.78 is 97.1. The Hall–Kier alpha value is -7.88. The molecule has 4 N–H and O–H groups in total. The fourth-order valence-corrected chi connectivity index (χ4v) is 8.29. The van der Waals surface area contributed by atoms with Crippen LogP contribution in [0, 0.1) is 11.6 Å². The Kier molecular flexibility index (Phi) is 19.7. The van der Waals surface area contributed by atoms with Gasteiger partial charge in [-0.15, -0.1) is 0 Å². The van der Waals surface area contributed by atoms with Crippen LogP contribution in [0.5, 0.6) is 23.3 Å². The smallest absolute Gasteiger partial charge is 0.314 e. The number of methoxy groups -OCH3 is 2. The van der Waals surface area contributed by atoms with Gasteiger partial charge in [-0.2, -0.15) is 0 Å². The minimum absolute atomic E-state index is 0.0144. The molecule has 0 amide bonds. The van der Waals surface area contributed by atoms with Crippen LogP contribution in [0.4, 0.5) is 8.78 Å². The Morgan fingerprint density at radius 1 is 0.514 bits per heavy atom. The largest absolute Gasteiger partial charge is 0.490 e. The number of aromatic nitrogens is 4. The normalized spacial score (nSPS) is 11.2. The number of hydrogen-bond donors (Lipinski definition) is 4. The summed E-state index contributed by atoms with van der Waals surface area (Å²) in [5.41, 5.74) is 1.38. The van der Waals surface area contributed by atoms with Gasteiger partial charge in [0.05, 0.1) is 68.6 Å². The number of fused-ring (bicyclic) bond motifs is 2. The summed E-state index contributed by atoms with van der Waals surface area (Å²) >= 11 is 0. The van der Waals surface area contributed by atoms with Crippen LogP contribution in [0.3, 0.4) is 0 Å². The van der Waals surface area contributed by atoms with Gasteiger partial charge in [-0.25, -0.2) is 35.6 Å². The van der Waals surface area contributed by atoms with Gasteiger partial charge in [0.1, 0.15) is 29.7 Å². The van der Waals surface area contributed by atoms with E-state index < -0.39 is 42.4 Å². The van der Waals surface area contributed by atoms with Gasteiger partial charge in [-0.3, -0.25) is 9.59 Å². The van der Waals surface area contributed by atoms with Crippen LogP contribution in [0.2, 0.25) is 0 Å². The summed E-state index contributed by atoms with van der Waals surface area (Å²) in [6, 6.07) is 35.7. The molecule has 0 atom stereocenters. The van der Waals surface area contributed by atoms with Crippen molar-refractivity contribution in [3.63, 3.8) is 0 Å². The Morgan fingerprint density at radius 3 is 1.31 bits per heavy atom. The summed E-state index contributed by atoms with van der Waals surface area (Å²) in [5, 5.41) is 16.0. The van der Waals surface area contributed by atoms with E-state index in [1.165, 1.54) is 67.8 Å². The molecular formula is C50H46F2N4O12S2. The number of hydrogen-bond acceptors (Lipinski definition) is 14. The van der Waals surface area contributed by atoms with E-state index in [4.69, 9.17) is 29.2 Å². The van der Waals surface area contributed by atoms with Crippen LogP contribution in [0.15, 0.2) is 199 Å². The van der Waals surface area contributed by atoms with Gasteiger partial charge in [-0.05, 0) is 127 Å². The number of aliphatic hydroxyl groups excluding tert-OH is 2. The molecule has 6 aromatic carbocycles. The zero-order valence-electron chi connectivity index (χ0n) is 37.4. The lowest BCUT2D eigenvalue weighted by molar-refractivity contribution is 0.233. The van der Waals surface area contributed by atoms with Crippen molar-refractivity contribution >= 4 is 41.7 Å². The third-order valence-corrected chi connectivity index (χ3v) is 12.8. The molecule has 364 valence electrons. The number of H-pyrrole nitrogens is 2. The second-order valence-corrected chi connectivity index (χ2v) is 17.9. The number of sulfone groups is 2. The molecule has 0 fully saturated rings. The van der Waals surface area contributed by atoms with Crippen molar-refractivity contribution in [1.29, 1.82) is 0 Å². The number of rotatable bonds is 14. The maximum atomic E-state index is 13.0.